The van der Waals surface area contributed by atoms with Crippen LogP contribution in [0.25, 0.3) is 0 Å². The number of ether oxygens (including phenoxy) is 2. The standard InChI is InChI=1S/C8H6INO3/c9-8(11)10-5-1-2-6-7(3-5)13-4-12-6/h1-3H,4H2,(H,10,11). The highest BCUT2D eigenvalue weighted by atomic mass is 127. The number of carbonyl (C=O) groups is 1. The maximum absolute atomic E-state index is 10.7. The fraction of sp³-hybridized carbons (Fsp3) is 0.125. The molecular formula is C8H6INO3. The number of hydrogen-bond acceptors (Lipinski definition) is 3. The van der Waals surface area contributed by atoms with Crippen molar-refractivity contribution in [2.75, 3.05) is 12.1 Å². The number of benzene rings is 1. The lowest BCUT2D eigenvalue weighted by molar-refractivity contribution is 0.174. The summed E-state index contributed by atoms with van der Waals surface area (Å²) in [6, 6.07) is 5.27. The number of anilines is 1. The molecule has 0 aromatic heterocycles. The van der Waals surface area contributed by atoms with Crippen LogP contribution >= 0.6 is 22.6 Å². The predicted molar refractivity (Wildman–Crippen MR) is 55.6 cm³/mol. The van der Waals surface area contributed by atoms with Crippen LogP contribution in [0.15, 0.2) is 18.2 Å². The number of halogens is 1. The van der Waals surface area contributed by atoms with Gasteiger partial charge in [-0.1, -0.05) is 0 Å². The van der Waals surface area contributed by atoms with Gasteiger partial charge in [0.2, 0.25) is 6.79 Å². The monoisotopic (exact) mass is 291 g/mol. The van der Waals surface area contributed by atoms with E-state index in [1.165, 1.54) is 0 Å². The van der Waals surface area contributed by atoms with Crippen LogP contribution in [0.3, 0.4) is 0 Å². The van der Waals surface area contributed by atoms with E-state index in [4.69, 9.17) is 9.47 Å². The van der Waals surface area contributed by atoms with E-state index in [1.807, 2.05) is 0 Å². The quantitative estimate of drug-likeness (QED) is 0.491. The third-order valence-corrected chi connectivity index (χ3v) is 1.88. The lowest BCUT2D eigenvalue weighted by Crippen LogP contribution is -1.99. The minimum atomic E-state index is -0.128. The van der Waals surface area contributed by atoms with Crippen LogP contribution in [0.4, 0.5) is 10.5 Å². The van der Waals surface area contributed by atoms with Crippen LogP contribution in [0, 0.1) is 0 Å². The third kappa shape index (κ3) is 1.85. The van der Waals surface area contributed by atoms with Crippen LogP contribution in [0.1, 0.15) is 0 Å². The number of hydrogen-bond donors (Lipinski definition) is 1. The van der Waals surface area contributed by atoms with Gasteiger partial charge in [0.15, 0.2) is 11.5 Å². The molecule has 0 radical (unpaired) electrons. The molecule has 0 bridgehead atoms. The predicted octanol–water partition coefficient (Wildman–Crippen LogP) is 2.38. The van der Waals surface area contributed by atoms with Gasteiger partial charge in [-0.3, -0.25) is 4.79 Å². The third-order valence-electron chi connectivity index (χ3n) is 1.62. The molecule has 0 saturated heterocycles. The molecule has 0 saturated carbocycles. The number of amides is 1. The topological polar surface area (TPSA) is 47.6 Å². The number of fused-ring (bicyclic) bond motifs is 1. The van der Waals surface area contributed by atoms with E-state index in [1.54, 1.807) is 40.8 Å². The van der Waals surface area contributed by atoms with Gasteiger partial charge in [0.05, 0.1) is 0 Å². The van der Waals surface area contributed by atoms with Crippen molar-refractivity contribution in [3.05, 3.63) is 18.2 Å². The van der Waals surface area contributed by atoms with Crippen molar-refractivity contribution in [1.82, 2.24) is 0 Å². The Morgan fingerprint density at radius 3 is 2.92 bits per heavy atom. The molecule has 1 aliphatic rings. The molecule has 1 amide bonds. The molecule has 1 aromatic carbocycles. The van der Waals surface area contributed by atoms with Crippen LogP contribution in [-0.2, 0) is 0 Å². The van der Waals surface area contributed by atoms with E-state index in [0.29, 0.717) is 17.2 Å². The number of rotatable bonds is 1. The molecule has 68 valence electrons. The Kier molecular flexibility index (Phi) is 2.26. The minimum Gasteiger partial charge on any atom is -0.454 e. The minimum absolute atomic E-state index is 0.128. The summed E-state index contributed by atoms with van der Waals surface area (Å²) in [5.41, 5.74) is 0.712. The Labute approximate surface area is 88.4 Å². The van der Waals surface area contributed by atoms with E-state index < -0.39 is 0 Å². The summed E-state index contributed by atoms with van der Waals surface area (Å²) in [5, 5.41) is 2.65. The second-order valence-electron chi connectivity index (χ2n) is 2.47. The second-order valence-corrected chi connectivity index (χ2v) is 3.45. The fourth-order valence-electron chi connectivity index (χ4n) is 1.09. The average Bonchev–Trinajstić information content (AvgIpc) is 2.49. The first-order valence-electron chi connectivity index (χ1n) is 3.62. The van der Waals surface area contributed by atoms with E-state index in [0.717, 1.165) is 0 Å². The van der Waals surface area contributed by atoms with Crippen LogP contribution in [0.2, 0.25) is 0 Å². The number of carbonyl (C=O) groups excluding carboxylic acids is 1. The van der Waals surface area contributed by atoms with Gasteiger partial charge in [0, 0.05) is 34.3 Å². The van der Waals surface area contributed by atoms with Crippen molar-refractivity contribution in [2.45, 2.75) is 0 Å². The van der Waals surface area contributed by atoms with E-state index >= 15 is 0 Å². The molecule has 5 heteroatoms. The van der Waals surface area contributed by atoms with Gasteiger partial charge in [-0.05, 0) is 12.1 Å². The van der Waals surface area contributed by atoms with Gasteiger partial charge >= 0.3 is 0 Å². The lowest BCUT2D eigenvalue weighted by Gasteiger charge is -2.01. The normalized spacial score (nSPS) is 12.7. The van der Waals surface area contributed by atoms with Crippen LogP contribution in [-0.4, -0.2) is 10.7 Å². The van der Waals surface area contributed by atoms with Gasteiger partial charge in [0.1, 0.15) is 0 Å². The molecule has 1 aliphatic heterocycles. The zero-order chi connectivity index (χ0) is 9.26. The maximum Gasteiger partial charge on any atom is 0.284 e. The summed E-state index contributed by atoms with van der Waals surface area (Å²) < 4.78 is 10.1. The zero-order valence-corrected chi connectivity index (χ0v) is 8.70. The van der Waals surface area contributed by atoms with Gasteiger partial charge < -0.3 is 14.8 Å². The molecule has 0 spiro atoms. The summed E-state index contributed by atoms with van der Waals surface area (Å²) in [6.07, 6.45) is 0. The molecular weight excluding hydrogens is 285 g/mol. The Bertz CT molecular complexity index is 353. The summed E-state index contributed by atoms with van der Waals surface area (Å²) in [7, 11) is 0. The molecule has 13 heavy (non-hydrogen) atoms. The Morgan fingerprint density at radius 2 is 2.15 bits per heavy atom. The second kappa shape index (κ2) is 3.41. The van der Waals surface area contributed by atoms with Crippen molar-refractivity contribution in [3.8, 4) is 11.5 Å². The van der Waals surface area contributed by atoms with E-state index in [-0.39, 0.29) is 10.7 Å². The molecule has 1 N–H and O–H groups in total. The highest BCUT2D eigenvalue weighted by molar-refractivity contribution is 14.1. The molecule has 0 atom stereocenters. The van der Waals surface area contributed by atoms with Crippen molar-refractivity contribution < 1.29 is 14.3 Å². The highest BCUT2D eigenvalue weighted by Crippen LogP contribution is 2.34. The maximum atomic E-state index is 10.7. The van der Waals surface area contributed by atoms with Gasteiger partial charge in [-0.25, -0.2) is 0 Å². The van der Waals surface area contributed by atoms with Crippen molar-refractivity contribution in [2.24, 2.45) is 0 Å². The van der Waals surface area contributed by atoms with Crippen molar-refractivity contribution >= 4 is 32.2 Å². The van der Waals surface area contributed by atoms with Crippen LogP contribution in [0.5, 0.6) is 11.5 Å². The Morgan fingerprint density at radius 1 is 1.38 bits per heavy atom. The summed E-state index contributed by atoms with van der Waals surface area (Å²) >= 11 is 1.67. The molecule has 4 nitrogen and oxygen atoms in total. The van der Waals surface area contributed by atoms with Crippen LogP contribution < -0.4 is 14.8 Å². The molecule has 0 unspecified atom stereocenters. The molecule has 1 aromatic rings. The molecule has 1 heterocycles. The first-order chi connectivity index (χ1) is 6.25. The summed E-state index contributed by atoms with van der Waals surface area (Å²) in [4.78, 5) is 10.7. The largest absolute Gasteiger partial charge is 0.454 e. The first kappa shape index (κ1) is 8.61. The molecule has 0 aliphatic carbocycles. The van der Waals surface area contributed by atoms with Gasteiger partial charge in [-0.15, -0.1) is 0 Å². The number of nitrogens with one attached hydrogen (secondary N) is 1. The van der Waals surface area contributed by atoms with E-state index in [9.17, 15) is 4.79 Å². The smallest absolute Gasteiger partial charge is 0.284 e. The van der Waals surface area contributed by atoms with Gasteiger partial charge in [-0.2, -0.15) is 0 Å². The fourth-order valence-corrected chi connectivity index (χ4v) is 1.40. The van der Waals surface area contributed by atoms with Crippen molar-refractivity contribution in [1.29, 1.82) is 0 Å². The average molecular weight is 291 g/mol. The Balaban J connectivity index is 2.25. The SMILES string of the molecule is O=C(I)Nc1ccc2c(c1)OCO2. The summed E-state index contributed by atoms with van der Waals surface area (Å²) in [6.45, 7) is 0.247. The van der Waals surface area contributed by atoms with Crippen molar-refractivity contribution in [3.63, 3.8) is 0 Å². The highest BCUT2D eigenvalue weighted by Gasteiger charge is 2.13. The zero-order valence-electron chi connectivity index (χ0n) is 6.54. The first-order valence-corrected chi connectivity index (χ1v) is 4.70. The Hall–Kier alpha value is -0.980. The van der Waals surface area contributed by atoms with Gasteiger partial charge in [0.25, 0.3) is 3.91 Å². The molecule has 2 rings (SSSR count). The lowest BCUT2D eigenvalue weighted by atomic mass is 10.3. The van der Waals surface area contributed by atoms with E-state index in [2.05, 4.69) is 5.32 Å². The molecule has 0 fully saturated rings. The summed E-state index contributed by atoms with van der Waals surface area (Å²) in [5.74, 6) is 1.38.